The Labute approximate surface area is 226 Å². The fraction of sp³-hybridized carbons (Fsp3) is 0.103. The normalized spacial score (nSPS) is 15.3. The Hall–Kier alpha value is -4.83. The van der Waals surface area contributed by atoms with E-state index < -0.39 is 15.9 Å². The van der Waals surface area contributed by atoms with Gasteiger partial charge in [-0.05, 0) is 78.9 Å². The van der Waals surface area contributed by atoms with E-state index in [1.807, 2.05) is 43.3 Å². The number of ether oxygens (including phenoxy) is 1. The molecule has 0 aliphatic carbocycles. The first-order valence-electron chi connectivity index (χ1n) is 12.0. The average Bonchev–Trinajstić information content (AvgIpc) is 2.96. The summed E-state index contributed by atoms with van der Waals surface area (Å²) in [7, 11) is -2.67. The highest BCUT2D eigenvalue weighted by atomic mass is 32.2. The lowest BCUT2D eigenvalue weighted by molar-refractivity contribution is 0.0950. The lowest BCUT2D eigenvalue weighted by Gasteiger charge is -2.16. The molecule has 0 saturated heterocycles. The smallest absolute Gasteiger partial charge is 0.262 e. The third kappa shape index (κ3) is 5.14. The van der Waals surface area contributed by atoms with Gasteiger partial charge in [-0.15, -0.1) is 0 Å². The number of aliphatic imine (C=N–C) groups is 1. The quantitative estimate of drug-likeness (QED) is 0.347. The predicted octanol–water partition coefficient (Wildman–Crippen LogP) is 4.98. The van der Waals surface area contributed by atoms with Crippen LogP contribution in [0.15, 0.2) is 89.0 Å². The second-order valence-corrected chi connectivity index (χ2v) is 10.4. The molecule has 5 rings (SSSR count). The molecule has 2 aromatic heterocycles. The van der Waals surface area contributed by atoms with Crippen LogP contribution in [0.4, 0.5) is 11.4 Å². The monoisotopic (exact) mass is 539 g/mol. The molecule has 4 aromatic rings. The predicted molar refractivity (Wildman–Crippen MR) is 151 cm³/mol. The van der Waals surface area contributed by atoms with Gasteiger partial charge in [-0.3, -0.25) is 19.5 Å². The number of rotatable bonds is 2. The van der Waals surface area contributed by atoms with Crippen molar-refractivity contribution >= 4 is 39.6 Å². The molecule has 2 N–H and O–H groups in total. The van der Waals surface area contributed by atoms with Gasteiger partial charge >= 0.3 is 0 Å². The van der Waals surface area contributed by atoms with Crippen molar-refractivity contribution in [3.05, 3.63) is 102 Å². The molecule has 1 amide bonds. The molecule has 3 heterocycles. The van der Waals surface area contributed by atoms with Gasteiger partial charge in [0.2, 0.25) is 5.88 Å². The molecule has 39 heavy (non-hydrogen) atoms. The number of anilines is 1. The van der Waals surface area contributed by atoms with E-state index in [1.165, 1.54) is 25.3 Å². The third-order valence-electron chi connectivity index (χ3n) is 6.33. The number of nitrogens with zero attached hydrogens (tertiary/aromatic N) is 3. The summed E-state index contributed by atoms with van der Waals surface area (Å²) in [6.45, 7) is 5.81. The molecule has 10 heteroatoms. The summed E-state index contributed by atoms with van der Waals surface area (Å²) >= 11 is 0. The van der Waals surface area contributed by atoms with Crippen LogP contribution in [0.5, 0.6) is 5.88 Å². The van der Waals surface area contributed by atoms with E-state index in [0.717, 1.165) is 22.3 Å². The molecule has 1 aliphatic heterocycles. The Morgan fingerprint density at radius 1 is 1.00 bits per heavy atom. The number of aromatic nitrogens is 2. The number of carbonyl (C=O) groups is 1. The minimum atomic E-state index is -4.08. The van der Waals surface area contributed by atoms with Crippen LogP contribution in [-0.4, -0.2) is 38.1 Å². The van der Waals surface area contributed by atoms with Crippen molar-refractivity contribution in [1.82, 2.24) is 15.3 Å². The highest BCUT2D eigenvalue weighted by Gasteiger charge is 2.21. The second kappa shape index (κ2) is 10.5. The van der Waals surface area contributed by atoms with Crippen LogP contribution in [0.1, 0.15) is 34.1 Å². The first-order valence-corrected chi connectivity index (χ1v) is 13.5. The molecule has 0 fully saturated rings. The van der Waals surface area contributed by atoms with E-state index >= 15 is 0 Å². The van der Waals surface area contributed by atoms with Crippen molar-refractivity contribution in [2.45, 2.75) is 18.4 Å². The Kier molecular flexibility index (Phi) is 6.95. The zero-order chi connectivity index (χ0) is 27.6. The number of carbonyl (C=O) groups excluding carboxylic acids is 1. The molecule has 0 atom stereocenters. The average molecular weight is 540 g/mol. The number of nitrogens with one attached hydrogen (secondary N) is 2. The number of benzene rings is 2. The first kappa shape index (κ1) is 25.8. The lowest BCUT2D eigenvalue weighted by Crippen LogP contribution is -2.24. The van der Waals surface area contributed by atoms with Crippen LogP contribution in [0, 0.1) is 0 Å². The van der Waals surface area contributed by atoms with Crippen molar-refractivity contribution in [3.63, 3.8) is 0 Å². The molecular formula is C29H25N5O4S. The molecule has 9 nitrogen and oxygen atoms in total. The van der Waals surface area contributed by atoms with E-state index in [-0.39, 0.29) is 28.6 Å². The van der Waals surface area contributed by atoms with Crippen LogP contribution in [0.25, 0.3) is 16.7 Å². The standard InChI is InChI=1S/C29H25N5O4S/c1-4-24-19-10-11-31-22(12-19)17-32-28(35)20-6-5-7-23(13-20)39(36,37)34-27-15-21(16-33-29(27)38-3)18-8-9-26(30-2)25(24)14-18/h4-16,34H,2,17H2,1,3H3,(H,32,35)/b24-4-. The van der Waals surface area contributed by atoms with E-state index in [1.54, 1.807) is 24.5 Å². The highest BCUT2D eigenvalue weighted by Crippen LogP contribution is 2.37. The Bertz CT molecular complexity index is 1750. The Morgan fingerprint density at radius 3 is 2.62 bits per heavy atom. The topological polar surface area (TPSA) is 123 Å². The van der Waals surface area contributed by atoms with Crippen molar-refractivity contribution in [2.75, 3.05) is 11.8 Å². The van der Waals surface area contributed by atoms with Gasteiger partial charge in [-0.2, -0.15) is 0 Å². The largest absolute Gasteiger partial charge is 0.480 e. The number of methoxy groups -OCH3 is 1. The van der Waals surface area contributed by atoms with Gasteiger partial charge in [0.1, 0.15) is 5.69 Å². The zero-order valence-corrected chi connectivity index (χ0v) is 22.1. The molecule has 0 radical (unpaired) electrons. The van der Waals surface area contributed by atoms with Gasteiger partial charge in [0, 0.05) is 29.1 Å². The fourth-order valence-corrected chi connectivity index (χ4v) is 5.51. The molecular weight excluding hydrogens is 514 g/mol. The molecule has 196 valence electrons. The van der Waals surface area contributed by atoms with Crippen molar-refractivity contribution in [3.8, 4) is 17.0 Å². The van der Waals surface area contributed by atoms with E-state index in [2.05, 4.69) is 31.7 Å². The Balaban J connectivity index is 1.75. The molecule has 1 aliphatic rings. The zero-order valence-electron chi connectivity index (χ0n) is 21.3. The van der Waals surface area contributed by atoms with Gasteiger partial charge in [0.15, 0.2) is 0 Å². The van der Waals surface area contributed by atoms with Crippen molar-refractivity contribution in [1.29, 1.82) is 0 Å². The summed E-state index contributed by atoms with van der Waals surface area (Å²) < 4.78 is 34.6. The van der Waals surface area contributed by atoms with Gasteiger partial charge in [-0.1, -0.05) is 18.2 Å². The van der Waals surface area contributed by atoms with Crippen LogP contribution in [0.3, 0.4) is 0 Å². The summed E-state index contributed by atoms with van der Waals surface area (Å²) in [6, 6.07) is 16.9. The molecule has 0 spiro atoms. The molecule has 0 unspecified atom stereocenters. The van der Waals surface area contributed by atoms with Crippen LogP contribution < -0.4 is 14.8 Å². The number of fused-ring (bicyclic) bond motifs is 9. The van der Waals surface area contributed by atoms with Gasteiger partial charge < -0.3 is 10.1 Å². The van der Waals surface area contributed by atoms with Crippen molar-refractivity contribution < 1.29 is 17.9 Å². The minimum Gasteiger partial charge on any atom is -0.480 e. The molecule has 2 aromatic carbocycles. The van der Waals surface area contributed by atoms with Crippen LogP contribution in [0.2, 0.25) is 0 Å². The summed E-state index contributed by atoms with van der Waals surface area (Å²) in [5.74, 6) is -0.326. The molecule has 8 bridgehead atoms. The van der Waals surface area contributed by atoms with E-state index in [4.69, 9.17) is 4.74 Å². The van der Waals surface area contributed by atoms with Gasteiger partial charge in [0.25, 0.3) is 15.9 Å². The summed E-state index contributed by atoms with van der Waals surface area (Å²) in [5, 5.41) is 2.82. The maximum Gasteiger partial charge on any atom is 0.262 e. The summed E-state index contributed by atoms with van der Waals surface area (Å²) in [4.78, 5) is 25.8. The number of sulfonamides is 1. The van der Waals surface area contributed by atoms with E-state index in [9.17, 15) is 13.2 Å². The van der Waals surface area contributed by atoms with Gasteiger partial charge in [-0.25, -0.2) is 13.4 Å². The SMILES string of the molecule is C=Nc1ccc2cc1/C(=C\C)c1ccnc(c1)CNC(=O)c1cccc(c1)S(=O)(=O)Nc1cc-2cnc1OC. The van der Waals surface area contributed by atoms with Crippen molar-refractivity contribution in [2.24, 2.45) is 4.99 Å². The second-order valence-electron chi connectivity index (χ2n) is 8.73. The fourth-order valence-electron chi connectivity index (χ4n) is 4.42. The number of pyridine rings is 2. The summed E-state index contributed by atoms with van der Waals surface area (Å²) in [5.41, 5.74) is 5.72. The minimum absolute atomic E-state index is 0.0785. The molecule has 0 saturated carbocycles. The Morgan fingerprint density at radius 2 is 1.85 bits per heavy atom. The number of allylic oxidation sites excluding steroid dienone is 1. The van der Waals surface area contributed by atoms with Crippen LogP contribution >= 0.6 is 0 Å². The maximum absolute atomic E-state index is 13.3. The van der Waals surface area contributed by atoms with Gasteiger partial charge in [0.05, 0.1) is 29.9 Å². The van der Waals surface area contributed by atoms with E-state index in [0.29, 0.717) is 16.9 Å². The first-order chi connectivity index (χ1) is 18.8. The van der Waals surface area contributed by atoms with Crippen LogP contribution in [-0.2, 0) is 16.6 Å². The highest BCUT2D eigenvalue weighted by molar-refractivity contribution is 7.92. The lowest BCUT2D eigenvalue weighted by atomic mass is 9.93. The maximum atomic E-state index is 13.3. The number of hydrogen-bond acceptors (Lipinski definition) is 7. The number of hydrogen-bond donors (Lipinski definition) is 2. The number of amides is 1. The third-order valence-corrected chi connectivity index (χ3v) is 7.70. The summed E-state index contributed by atoms with van der Waals surface area (Å²) in [6.07, 6.45) is 5.27.